The van der Waals surface area contributed by atoms with E-state index in [2.05, 4.69) is 18.2 Å². The summed E-state index contributed by atoms with van der Waals surface area (Å²) < 4.78 is 10.8. The lowest BCUT2D eigenvalue weighted by atomic mass is 10.0. The maximum Gasteiger partial charge on any atom is 0.138 e. The monoisotopic (exact) mass is 223 g/mol. The van der Waals surface area contributed by atoms with Crippen LogP contribution >= 0.6 is 0 Å². The molecule has 3 rings (SSSR count). The molecule has 0 fully saturated rings. The Kier molecular flexibility index (Phi) is 2.33. The van der Waals surface area contributed by atoms with Crippen molar-refractivity contribution >= 4 is 10.8 Å². The predicted octanol–water partition coefficient (Wildman–Crippen LogP) is 3.91. The number of rotatable bonds is 2. The van der Waals surface area contributed by atoms with Crippen molar-refractivity contribution in [2.75, 3.05) is 7.11 Å². The van der Waals surface area contributed by atoms with Crippen LogP contribution in [0, 0.1) is 6.07 Å². The minimum Gasteiger partial charge on any atom is -0.495 e. The van der Waals surface area contributed by atoms with E-state index in [9.17, 15) is 0 Å². The molecule has 0 bridgehead atoms. The number of hydrogen-bond acceptors (Lipinski definition) is 2. The highest BCUT2D eigenvalue weighted by atomic mass is 16.5. The standard InChI is InChI=1S/C15H11O2/c1-16-15-10-12-6-3-2-5-11(12)9-13(15)14-7-4-8-17-14/h2-9H,1H3. The van der Waals surface area contributed by atoms with Crippen molar-refractivity contribution < 1.29 is 9.15 Å². The normalized spacial score (nSPS) is 10.6. The summed E-state index contributed by atoms with van der Waals surface area (Å²) in [6.45, 7) is 0. The molecule has 2 nitrogen and oxygen atoms in total. The molecule has 0 aliphatic carbocycles. The average molecular weight is 223 g/mol. The summed E-state index contributed by atoms with van der Waals surface area (Å²) in [7, 11) is 1.65. The van der Waals surface area contributed by atoms with Gasteiger partial charge in [0.1, 0.15) is 11.5 Å². The largest absolute Gasteiger partial charge is 0.495 e. The van der Waals surface area contributed by atoms with Gasteiger partial charge in [0.25, 0.3) is 0 Å². The van der Waals surface area contributed by atoms with E-state index < -0.39 is 0 Å². The van der Waals surface area contributed by atoms with Gasteiger partial charge in [0.15, 0.2) is 0 Å². The first-order valence-electron chi connectivity index (χ1n) is 5.41. The van der Waals surface area contributed by atoms with Crippen molar-refractivity contribution in [2.24, 2.45) is 0 Å². The molecular weight excluding hydrogens is 212 g/mol. The molecule has 2 aromatic carbocycles. The summed E-state index contributed by atoms with van der Waals surface area (Å²) >= 11 is 0. The highest BCUT2D eigenvalue weighted by molar-refractivity contribution is 5.89. The number of hydrogen-bond donors (Lipinski definition) is 0. The molecule has 1 aromatic heterocycles. The van der Waals surface area contributed by atoms with E-state index in [1.54, 1.807) is 13.4 Å². The van der Waals surface area contributed by atoms with E-state index in [1.165, 1.54) is 0 Å². The lowest BCUT2D eigenvalue weighted by molar-refractivity contribution is 0.414. The number of ether oxygens (including phenoxy) is 1. The van der Waals surface area contributed by atoms with Crippen LogP contribution in [0.15, 0.2) is 53.1 Å². The highest BCUT2D eigenvalue weighted by Crippen LogP contribution is 2.33. The van der Waals surface area contributed by atoms with Crippen molar-refractivity contribution in [1.29, 1.82) is 0 Å². The first-order chi connectivity index (χ1) is 8.38. The van der Waals surface area contributed by atoms with Gasteiger partial charge in [0.05, 0.1) is 18.9 Å². The van der Waals surface area contributed by atoms with Crippen LogP contribution < -0.4 is 4.74 Å². The van der Waals surface area contributed by atoms with E-state index in [1.807, 2.05) is 30.3 Å². The van der Waals surface area contributed by atoms with Crippen LogP contribution in [0.25, 0.3) is 22.1 Å². The fourth-order valence-corrected chi connectivity index (χ4v) is 1.92. The second kappa shape index (κ2) is 3.98. The van der Waals surface area contributed by atoms with Gasteiger partial charge in [-0.1, -0.05) is 24.3 Å². The Labute approximate surface area is 99.4 Å². The van der Waals surface area contributed by atoms with E-state index >= 15 is 0 Å². The Morgan fingerprint density at radius 3 is 2.76 bits per heavy atom. The zero-order valence-corrected chi connectivity index (χ0v) is 9.44. The molecule has 83 valence electrons. The summed E-state index contributed by atoms with van der Waals surface area (Å²) in [6, 6.07) is 17.2. The SMILES string of the molecule is COc1[c]c2ccccc2cc1-c1ccco1. The third-order valence-electron chi connectivity index (χ3n) is 2.74. The Morgan fingerprint density at radius 2 is 2.00 bits per heavy atom. The summed E-state index contributed by atoms with van der Waals surface area (Å²) in [5.41, 5.74) is 0.927. The first-order valence-corrected chi connectivity index (χ1v) is 5.41. The first kappa shape index (κ1) is 9.97. The molecule has 0 N–H and O–H groups in total. The van der Waals surface area contributed by atoms with Gasteiger partial charge in [-0.3, -0.25) is 0 Å². The lowest BCUT2D eigenvalue weighted by Gasteiger charge is -2.07. The number of benzene rings is 2. The summed E-state index contributed by atoms with van der Waals surface area (Å²) in [5.74, 6) is 1.50. The second-order valence-electron chi connectivity index (χ2n) is 3.78. The van der Waals surface area contributed by atoms with Gasteiger partial charge in [0, 0.05) is 6.07 Å². The Balaban J connectivity index is 2.29. The van der Waals surface area contributed by atoms with Crippen LogP contribution in [-0.2, 0) is 0 Å². The van der Waals surface area contributed by atoms with E-state index in [0.29, 0.717) is 5.75 Å². The molecule has 0 aliphatic rings. The van der Waals surface area contributed by atoms with Crippen molar-refractivity contribution in [1.82, 2.24) is 0 Å². The minimum atomic E-state index is 0.707. The van der Waals surface area contributed by atoms with Crippen LogP contribution in [0.2, 0.25) is 0 Å². The van der Waals surface area contributed by atoms with Crippen LogP contribution in [0.4, 0.5) is 0 Å². The van der Waals surface area contributed by atoms with Crippen LogP contribution in [-0.4, -0.2) is 7.11 Å². The quantitative estimate of drug-likeness (QED) is 0.657. The molecule has 2 heteroatoms. The molecule has 0 spiro atoms. The summed E-state index contributed by atoms with van der Waals surface area (Å²) in [6.07, 6.45) is 1.66. The van der Waals surface area contributed by atoms with Crippen LogP contribution in [0.1, 0.15) is 0 Å². The van der Waals surface area contributed by atoms with E-state index in [-0.39, 0.29) is 0 Å². The van der Waals surface area contributed by atoms with Gasteiger partial charge in [-0.15, -0.1) is 0 Å². The van der Waals surface area contributed by atoms with Gasteiger partial charge >= 0.3 is 0 Å². The molecule has 0 saturated carbocycles. The zero-order chi connectivity index (χ0) is 11.7. The number of methoxy groups -OCH3 is 1. The van der Waals surface area contributed by atoms with Gasteiger partial charge < -0.3 is 9.15 Å². The maximum absolute atomic E-state index is 5.41. The molecule has 17 heavy (non-hydrogen) atoms. The number of furan rings is 1. The highest BCUT2D eigenvalue weighted by Gasteiger charge is 2.10. The predicted molar refractivity (Wildman–Crippen MR) is 67.0 cm³/mol. The fraction of sp³-hybridized carbons (Fsp3) is 0.0667. The smallest absolute Gasteiger partial charge is 0.138 e. The lowest BCUT2D eigenvalue weighted by Crippen LogP contribution is -1.88. The fourth-order valence-electron chi connectivity index (χ4n) is 1.92. The topological polar surface area (TPSA) is 22.4 Å². The van der Waals surface area contributed by atoms with Crippen molar-refractivity contribution in [2.45, 2.75) is 0 Å². The Hall–Kier alpha value is -2.22. The van der Waals surface area contributed by atoms with Crippen molar-refractivity contribution in [3.63, 3.8) is 0 Å². The van der Waals surface area contributed by atoms with Gasteiger partial charge in [-0.05, 0) is 29.0 Å². The molecular formula is C15H11O2. The van der Waals surface area contributed by atoms with E-state index in [0.717, 1.165) is 22.1 Å². The van der Waals surface area contributed by atoms with Gasteiger partial charge in [0.2, 0.25) is 0 Å². The Bertz CT molecular complexity index is 639. The molecule has 0 atom stereocenters. The summed E-state index contributed by atoms with van der Waals surface area (Å²) in [5, 5.41) is 2.17. The number of fused-ring (bicyclic) bond motifs is 1. The molecule has 0 saturated heterocycles. The van der Waals surface area contributed by atoms with Crippen LogP contribution in [0.3, 0.4) is 0 Å². The maximum atomic E-state index is 5.41. The summed E-state index contributed by atoms with van der Waals surface area (Å²) in [4.78, 5) is 0. The second-order valence-corrected chi connectivity index (χ2v) is 3.78. The van der Waals surface area contributed by atoms with E-state index in [4.69, 9.17) is 9.15 Å². The zero-order valence-electron chi connectivity index (χ0n) is 9.44. The van der Waals surface area contributed by atoms with Crippen LogP contribution in [0.5, 0.6) is 5.75 Å². The van der Waals surface area contributed by atoms with Crippen molar-refractivity contribution in [3.05, 3.63) is 54.8 Å². The third-order valence-corrected chi connectivity index (χ3v) is 2.74. The molecule has 1 heterocycles. The third kappa shape index (κ3) is 1.68. The van der Waals surface area contributed by atoms with Crippen molar-refractivity contribution in [3.8, 4) is 17.1 Å². The molecule has 0 aliphatic heterocycles. The van der Waals surface area contributed by atoms with Gasteiger partial charge in [-0.25, -0.2) is 0 Å². The Morgan fingerprint density at radius 1 is 1.12 bits per heavy atom. The van der Waals surface area contributed by atoms with Gasteiger partial charge in [-0.2, -0.15) is 0 Å². The molecule has 0 amide bonds. The minimum absolute atomic E-state index is 0.707. The molecule has 0 unspecified atom stereocenters. The molecule has 1 radical (unpaired) electrons. The molecule has 3 aromatic rings. The average Bonchev–Trinajstić information content (AvgIpc) is 2.91.